The summed E-state index contributed by atoms with van der Waals surface area (Å²) in [6.45, 7) is -0.925. The summed E-state index contributed by atoms with van der Waals surface area (Å²) in [5, 5.41) is 12.6. The number of hydrogen-bond donors (Lipinski definition) is 2. The van der Waals surface area contributed by atoms with E-state index in [4.69, 9.17) is 10.2 Å². The fraction of sp³-hybridized carbons (Fsp3) is 0.231. The molecule has 0 unspecified atom stereocenters. The monoisotopic (exact) mass is 308 g/mol. The molecule has 9 heteroatoms. The molecule has 0 saturated heterocycles. The Labute approximate surface area is 125 Å². The van der Waals surface area contributed by atoms with Gasteiger partial charge in [-0.25, -0.2) is 4.79 Å². The summed E-state index contributed by atoms with van der Waals surface area (Å²) in [5.74, 6) is -2.39. The summed E-state index contributed by atoms with van der Waals surface area (Å²) in [6.07, 6.45) is 3.42. The molecule has 0 aliphatic heterocycles. The molecule has 0 radical (unpaired) electrons. The molecule has 1 aromatic rings. The molecular formula is C13H14N3O6-. The standard InChI is InChI=1S/C13H15N3O6/c14-13(21)16(6-5-12(19)20)11(18)8-15-10(17)4-3-9-2-1-7-22-9/h1-4,7H,5-6,8H2,(H2,14,21)(H,15,17)(H,19,20)/p-1/b4-3+. The van der Waals surface area contributed by atoms with Gasteiger partial charge in [0.1, 0.15) is 5.76 Å². The number of amides is 4. The highest BCUT2D eigenvalue weighted by molar-refractivity contribution is 5.98. The van der Waals surface area contributed by atoms with E-state index in [9.17, 15) is 24.3 Å². The number of primary amides is 1. The normalized spacial score (nSPS) is 10.4. The lowest BCUT2D eigenvalue weighted by molar-refractivity contribution is -0.305. The van der Waals surface area contributed by atoms with Crippen molar-refractivity contribution >= 4 is 29.9 Å². The van der Waals surface area contributed by atoms with Crippen molar-refractivity contribution in [3.8, 4) is 0 Å². The Kier molecular flexibility index (Phi) is 6.35. The number of aliphatic carboxylic acids is 1. The second kappa shape index (κ2) is 8.25. The highest BCUT2D eigenvalue weighted by atomic mass is 16.4. The van der Waals surface area contributed by atoms with Crippen LogP contribution in [0.5, 0.6) is 0 Å². The molecule has 3 N–H and O–H groups in total. The molecule has 1 heterocycles. The molecular weight excluding hydrogens is 294 g/mol. The van der Waals surface area contributed by atoms with Gasteiger partial charge < -0.3 is 25.4 Å². The number of urea groups is 1. The number of carboxylic acids is 1. The number of imide groups is 1. The van der Waals surface area contributed by atoms with Crippen LogP contribution in [0.25, 0.3) is 6.08 Å². The minimum Gasteiger partial charge on any atom is -0.550 e. The van der Waals surface area contributed by atoms with Crippen molar-refractivity contribution < 1.29 is 28.7 Å². The number of nitrogens with one attached hydrogen (secondary N) is 1. The molecule has 0 saturated carbocycles. The number of furan rings is 1. The van der Waals surface area contributed by atoms with E-state index in [1.54, 1.807) is 12.1 Å². The molecule has 22 heavy (non-hydrogen) atoms. The van der Waals surface area contributed by atoms with Gasteiger partial charge in [-0.05, 0) is 18.2 Å². The molecule has 0 aliphatic rings. The molecule has 0 aliphatic carbocycles. The summed E-state index contributed by atoms with van der Waals surface area (Å²) < 4.78 is 4.97. The Morgan fingerprint density at radius 3 is 2.64 bits per heavy atom. The van der Waals surface area contributed by atoms with Crippen LogP contribution in [0.4, 0.5) is 4.79 Å². The largest absolute Gasteiger partial charge is 0.550 e. The van der Waals surface area contributed by atoms with Gasteiger partial charge in [0.15, 0.2) is 0 Å². The first kappa shape index (κ1) is 17.0. The van der Waals surface area contributed by atoms with Crippen LogP contribution in [0, 0.1) is 0 Å². The molecule has 9 nitrogen and oxygen atoms in total. The maximum Gasteiger partial charge on any atom is 0.321 e. The molecule has 0 spiro atoms. The van der Waals surface area contributed by atoms with Crippen molar-refractivity contribution in [1.29, 1.82) is 0 Å². The Balaban J connectivity index is 2.46. The molecule has 118 valence electrons. The summed E-state index contributed by atoms with van der Waals surface area (Å²) in [7, 11) is 0. The zero-order valence-electron chi connectivity index (χ0n) is 11.5. The zero-order chi connectivity index (χ0) is 16.5. The number of carboxylic acid groups (broad SMARTS) is 1. The minimum absolute atomic E-state index is 0.422. The topological polar surface area (TPSA) is 146 Å². The van der Waals surface area contributed by atoms with E-state index < -0.39 is 43.3 Å². The predicted molar refractivity (Wildman–Crippen MR) is 71.7 cm³/mol. The average molecular weight is 308 g/mol. The van der Waals surface area contributed by atoms with Crippen LogP contribution < -0.4 is 16.2 Å². The summed E-state index contributed by atoms with van der Waals surface area (Å²) in [4.78, 5) is 45.1. The quantitative estimate of drug-likeness (QED) is 0.583. The fourth-order valence-electron chi connectivity index (χ4n) is 1.42. The minimum atomic E-state index is -1.43. The van der Waals surface area contributed by atoms with Gasteiger partial charge in [0, 0.05) is 25.0 Å². The lowest BCUT2D eigenvalue weighted by atomic mass is 10.3. The van der Waals surface area contributed by atoms with E-state index in [1.165, 1.54) is 12.3 Å². The van der Waals surface area contributed by atoms with Gasteiger partial charge in [0.2, 0.25) is 11.8 Å². The first-order chi connectivity index (χ1) is 10.4. The number of rotatable bonds is 7. The van der Waals surface area contributed by atoms with Gasteiger partial charge in [-0.3, -0.25) is 14.5 Å². The highest BCUT2D eigenvalue weighted by Crippen LogP contribution is 2.01. The van der Waals surface area contributed by atoms with Crippen molar-refractivity contribution in [3.05, 3.63) is 30.2 Å². The van der Waals surface area contributed by atoms with E-state index in [-0.39, 0.29) is 0 Å². The van der Waals surface area contributed by atoms with Gasteiger partial charge >= 0.3 is 6.03 Å². The number of nitrogens with zero attached hydrogens (tertiary/aromatic N) is 1. The highest BCUT2D eigenvalue weighted by Gasteiger charge is 2.18. The van der Waals surface area contributed by atoms with Crippen LogP contribution in [0.1, 0.15) is 12.2 Å². The van der Waals surface area contributed by atoms with Crippen LogP contribution in [0.15, 0.2) is 28.9 Å². The SMILES string of the molecule is NC(=O)N(CCC(=O)[O-])C(=O)CNC(=O)/C=C/c1ccco1. The van der Waals surface area contributed by atoms with E-state index in [0.29, 0.717) is 10.7 Å². The Hall–Kier alpha value is -3.10. The van der Waals surface area contributed by atoms with Gasteiger partial charge in [-0.1, -0.05) is 0 Å². The van der Waals surface area contributed by atoms with Gasteiger partial charge in [0.05, 0.1) is 12.8 Å². The lowest BCUT2D eigenvalue weighted by Gasteiger charge is -2.18. The van der Waals surface area contributed by atoms with E-state index in [2.05, 4.69) is 5.32 Å². The molecule has 1 rings (SSSR count). The first-order valence-corrected chi connectivity index (χ1v) is 6.19. The predicted octanol–water partition coefficient (Wildman–Crippen LogP) is -1.54. The van der Waals surface area contributed by atoms with Crippen molar-refractivity contribution in [2.24, 2.45) is 5.73 Å². The second-order valence-electron chi connectivity index (χ2n) is 4.07. The van der Waals surface area contributed by atoms with Crippen LogP contribution >= 0.6 is 0 Å². The summed E-state index contributed by atoms with van der Waals surface area (Å²) in [6, 6.07) is 2.17. The first-order valence-electron chi connectivity index (χ1n) is 6.19. The van der Waals surface area contributed by atoms with Crippen LogP contribution in [0.2, 0.25) is 0 Å². The van der Waals surface area contributed by atoms with E-state index in [1.807, 2.05) is 0 Å². The van der Waals surface area contributed by atoms with Gasteiger partial charge in [-0.2, -0.15) is 0 Å². The Morgan fingerprint density at radius 2 is 2.09 bits per heavy atom. The molecule has 0 bridgehead atoms. The average Bonchev–Trinajstić information content (AvgIpc) is 2.95. The maximum atomic E-state index is 11.7. The molecule has 1 aromatic heterocycles. The Morgan fingerprint density at radius 1 is 1.36 bits per heavy atom. The number of hydrogen-bond acceptors (Lipinski definition) is 6. The van der Waals surface area contributed by atoms with E-state index in [0.717, 1.165) is 6.08 Å². The number of carbonyl (C=O) groups excluding carboxylic acids is 4. The van der Waals surface area contributed by atoms with Crippen LogP contribution in [-0.2, 0) is 14.4 Å². The molecule has 0 atom stereocenters. The van der Waals surface area contributed by atoms with Crippen molar-refractivity contribution in [2.75, 3.05) is 13.1 Å². The van der Waals surface area contributed by atoms with Crippen molar-refractivity contribution in [3.63, 3.8) is 0 Å². The third kappa shape index (κ3) is 5.90. The number of carbonyl (C=O) groups is 4. The summed E-state index contributed by atoms with van der Waals surface area (Å²) in [5.41, 5.74) is 4.97. The lowest BCUT2D eigenvalue weighted by Crippen LogP contribution is -2.47. The second-order valence-corrected chi connectivity index (χ2v) is 4.07. The van der Waals surface area contributed by atoms with Crippen molar-refractivity contribution in [2.45, 2.75) is 6.42 Å². The third-order valence-electron chi connectivity index (χ3n) is 2.46. The van der Waals surface area contributed by atoms with Gasteiger partial charge in [-0.15, -0.1) is 0 Å². The van der Waals surface area contributed by atoms with E-state index >= 15 is 0 Å². The fourth-order valence-corrected chi connectivity index (χ4v) is 1.42. The smallest absolute Gasteiger partial charge is 0.321 e. The van der Waals surface area contributed by atoms with Crippen molar-refractivity contribution in [1.82, 2.24) is 10.2 Å². The molecule has 4 amide bonds. The summed E-state index contributed by atoms with van der Waals surface area (Å²) >= 11 is 0. The maximum absolute atomic E-state index is 11.7. The van der Waals surface area contributed by atoms with Gasteiger partial charge in [0.25, 0.3) is 0 Å². The Bertz CT molecular complexity index is 579. The number of nitrogens with two attached hydrogens (primary N) is 1. The zero-order valence-corrected chi connectivity index (χ0v) is 11.5. The van der Waals surface area contributed by atoms with Crippen LogP contribution in [0.3, 0.4) is 0 Å². The molecule has 0 fully saturated rings. The molecule has 0 aromatic carbocycles. The van der Waals surface area contributed by atoms with Crippen LogP contribution in [-0.4, -0.2) is 41.8 Å². The third-order valence-corrected chi connectivity index (χ3v) is 2.46.